The molecule has 188 valence electrons. The summed E-state index contributed by atoms with van der Waals surface area (Å²) in [5.41, 5.74) is 8.66. The van der Waals surface area contributed by atoms with E-state index in [1.54, 1.807) is 6.20 Å². The number of carbonyl (C=O) groups is 1. The number of hydrogen-bond donors (Lipinski definition) is 2. The number of benzene rings is 2. The molecular formula is C30H31N5OS. The van der Waals surface area contributed by atoms with E-state index < -0.39 is 0 Å². The highest BCUT2D eigenvalue weighted by atomic mass is 32.1. The van der Waals surface area contributed by atoms with Gasteiger partial charge in [-0.25, -0.2) is 0 Å². The maximum atomic E-state index is 13.1. The van der Waals surface area contributed by atoms with Crippen LogP contribution in [-0.2, 0) is 4.79 Å². The second kappa shape index (κ2) is 10.2. The highest BCUT2D eigenvalue weighted by Gasteiger charge is 2.42. The van der Waals surface area contributed by atoms with Crippen LogP contribution >= 0.6 is 12.2 Å². The Labute approximate surface area is 223 Å². The summed E-state index contributed by atoms with van der Waals surface area (Å²) in [5, 5.41) is 7.00. The first-order chi connectivity index (χ1) is 17.8. The Morgan fingerprint density at radius 1 is 0.973 bits per heavy atom. The second-order valence-electron chi connectivity index (χ2n) is 9.57. The third kappa shape index (κ3) is 4.74. The van der Waals surface area contributed by atoms with Gasteiger partial charge in [0, 0.05) is 23.3 Å². The lowest BCUT2D eigenvalue weighted by molar-refractivity contribution is -0.116. The molecule has 7 heteroatoms. The van der Waals surface area contributed by atoms with Crippen molar-refractivity contribution in [3.8, 4) is 5.69 Å². The topological polar surface area (TPSA) is 62.2 Å². The third-order valence-electron chi connectivity index (χ3n) is 7.02. The molecule has 0 bridgehead atoms. The zero-order valence-electron chi connectivity index (χ0n) is 21.5. The van der Waals surface area contributed by atoms with Crippen LogP contribution in [0.5, 0.6) is 0 Å². The smallest absolute Gasteiger partial charge is 0.244 e. The van der Waals surface area contributed by atoms with Crippen molar-refractivity contribution in [1.29, 1.82) is 0 Å². The summed E-state index contributed by atoms with van der Waals surface area (Å²) < 4.78 is 2.32. The lowest BCUT2D eigenvalue weighted by Gasteiger charge is -2.28. The van der Waals surface area contributed by atoms with Gasteiger partial charge in [0.25, 0.3) is 0 Å². The number of aromatic nitrogens is 2. The van der Waals surface area contributed by atoms with Gasteiger partial charge in [0.2, 0.25) is 5.91 Å². The second-order valence-corrected chi connectivity index (χ2v) is 9.96. The summed E-state index contributed by atoms with van der Waals surface area (Å²) in [7, 11) is 0. The molecule has 3 heterocycles. The summed E-state index contributed by atoms with van der Waals surface area (Å²) in [4.78, 5) is 19.8. The van der Waals surface area contributed by atoms with Crippen LogP contribution in [0, 0.1) is 27.7 Å². The maximum Gasteiger partial charge on any atom is 0.244 e. The number of carbonyl (C=O) groups excluding carboxylic acids is 1. The number of rotatable bonds is 6. The predicted octanol–water partition coefficient (Wildman–Crippen LogP) is 5.72. The number of nitrogens with zero attached hydrogens (tertiary/aromatic N) is 3. The Bertz CT molecular complexity index is 1430. The van der Waals surface area contributed by atoms with Crippen LogP contribution in [-0.4, -0.2) is 32.0 Å². The molecule has 1 fully saturated rings. The molecule has 1 aliphatic heterocycles. The van der Waals surface area contributed by atoms with Gasteiger partial charge in [-0.2, -0.15) is 0 Å². The first-order valence-electron chi connectivity index (χ1n) is 12.4. The first-order valence-corrected chi connectivity index (χ1v) is 12.8. The molecule has 5 rings (SSSR count). The molecule has 2 aromatic heterocycles. The van der Waals surface area contributed by atoms with Crippen molar-refractivity contribution in [3.63, 3.8) is 0 Å². The summed E-state index contributed by atoms with van der Waals surface area (Å²) in [6, 6.07) is 23.6. The average molecular weight is 510 g/mol. The Morgan fingerprint density at radius 3 is 2.35 bits per heavy atom. The summed E-state index contributed by atoms with van der Waals surface area (Å²) in [6.07, 6.45) is 1.79. The zero-order valence-corrected chi connectivity index (χ0v) is 22.3. The van der Waals surface area contributed by atoms with E-state index >= 15 is 0 Å². The van der Waals surface area contributed by atoms with Crippen molar-refractivity contribution in [2.45, 2.75) is 39.8 Å². The van der Waals surface area contributed by atoms with Crippen molar-refractivity contribution in [2.75, 3.05) is 11.9 Å². The standard InChI is InChI=1S/C30H31N5OS/c1-19-11-10-12-20(2)28(19)35-21(3)17-24(22(35)4)29-27(25-15-8-9-16-31-25)33-30(37)34(29)18-26(36)32-23-13-6-5-7-14-23/h5-17,27,29H,18H2,1-4H3,(H,32,36)(H,33,37)/t27-,29-/m0/s1. The molecular weight excluding hydrogens is 478 g/mol. The molecule has 0 saturated carbocycles. The van der Waals surface area contributed by atoms with Crippen molar-refractivity contribution >= 4 is 28.9 Å². The van der Waals surface area contributed by atoms with Crippen LogP contribution in [0.1, 0.15) is 45.9 Å². The van der Waals surface area contributed by atoms with Gasteiger partial charge in [0.15, 0.2) is 5.11 Å². The minimum atomic E-state index is -0.201. The fraction of sp³-hybridized carbons (Fsp3) is 0.233. The molecule has 6 nitrogen and oxygen atoms in total. The quantitative estimate of drug-likeness (QED) is 0.326. The van der Waals surface area contributed by atoms with E-state index in [1.165, 1.54) is 16.8 Å². The molecule has 1 saturated heterocycles. The molecule has 1 aliphatic rings. The lowest BCUT2D eigenvalue weighted by Crippen LogP contribution is -2.37. The number of anilines is 1. The lowest BCUT2D eigenvalue weighted by atomic mass is 9.96. The van der Waals surface area contributed by atoms with Gasteiger partial charge in [0.1, 0.15) is 6.54 Å². The van der Waals surface area contributed by atoms with Gasteiger partial charge in [-0.1, -0.05) is 42.5 Å². The minimum absolute atomic E-state index is 0.120. The van der Waals surface area contributed by atoms with Gasteiger partial charge in [-0.05, 0) is 86.9 Å². The van der Waals surface area contributed by atoms with Crippen LogP contribution in [0.4, 0.5) is 5.69 Å². The number of thiocarbonyl (C=S) groups is 1. The fourth-order valence-electron chi connectivity index (χ4n) is 5.38. The monoisotopic (exact) mass is 509 g/mol. The van der Waals surface area contributed by atoms with Crippen LogP contribution in [0.25, 0.3) is 5.69 Å². The zero-order chi connectivity index (χ0) is 26.1. The molecule has 2 aromatic carbocycles. The molecule has 0 radical (unpaired) electrons. The van der Waals surface area contributed by atoms with Gasteiger partial charge in [0.05, 0.1) is 23.5 Å². The summed E-state index contributed by atoms with van der Waals surface area (Å²) in [5.74, 6) is -0.120. The number of para-hydroxylation sites is 2. The SMILES string of the molecule is Cc1cccc(C)c1-n1c(C)cc([C@H]2[C@H](c3ccccn3)NC(=S)N2CC(=O)Nc2ccccc2)c1C. The van der Waals surface area contributed by atoms with Crippen molar-refractivity contribution in [3.05, 3.63) is 113 Å². The Morgan fingerprint density at radius 2 is 1.68 bits per heavy atom. The Kier molecular flexibility index (Phi) is 6.80. The highest BCUT2D eigenvalue weighted by molar-refractivity contribution is 7.80. The predicted molar refractivity (Wildman–Crippen MR) is 152 cm³/mol. The normalized spacial score (nSPS) is 17.1. The van der Waals surface area contributed by atoms with E-state index in [9.17, 15) is 4.79 Å². The molecule has 4 aromatic rings. The van der Waals surface area contributed by atoms with Crippen molar-refractivity contribution in [2.24, 2.45) is 0 Å². The van der Waals surface area contributed by atoms with Crippen molar-refractivity contribution < 1.29 is 4.79 Å². The van der Waals surface area contributed by atoms with E-state index in [4.69, 9.17) is 12.2 Å². The van der Waals surface area contributed by atoms with Crippen LogP contribution in [0.15, 0.2) is 79.0 Å². The van der Waals surface area contributed by atoms with E-state index in [0.29, 0.717) is 5.11 Å². The largest absolute Gasteiger partial charge is 0.352 e. The number of nitrogens with one attached hydrogen (secondary N) is 2. The molecule has 0 aliphatic carbocycles. The third-order valence-corrected chi connectivity index (χ3v) is 7.37. The summed E-state index contributed by atoms with van der Waals surface area (Å²) in [6.45, 7) is 8.69. The first kappa shape index (κ1) is 24.7. The van der Waals surface area contributed by atoms with Crippen LogP contribution in [0.2, 0.25) is 0 Å². The van der Waals surface area contributed by atoms with E-state index in [1.807, 2.05) is 53.4 Å². The molecule has 0 spiro atoms. The van der Waals surface area contributed by atoms with E-state index in [-0.39, 0.29) is 24.5 Å². The van der Waals surface area contributed by atoms with Gasteiger partial charge in [-0.3, -0.25) is 9.78 Å². The molecule has 2 N–H and O–H groups in total. The van der Waals surface area contributed by atoms with Gasteiger partial charge in [-0.15, -0.1) is 0 Å². The maximum absolute atomic E-state index is 13.1. The summed E-state index contributed by atoms with van der Waals surface area (Å²) >= 11 is 5.80. The highest BCUT2D eigenvalue weighted by Crippen LogP contribution is 2.41. The van der Waals surface area contributed by atoms with Gasteiger partial charge >= 0.3 is 0 Å². The van der Waals surface area contributed by atoms with Gasteiger partial charge < -0.3 is 20.1 Å². The Hall–Kier alpha value is -3.97. The molecule has 37 heavy (non-hydrogen) atoms. The molecule has 2 atom stereocenters. The molecule has 1 amide bonds. The fourth-order valence-corrected chi connectivity index (χ4v) is 5.69. The average Bonchev–Trinajstić information content (AvgIpc) is 3.35. The molecule has 0 unspecified atom stereocenters. The van der Waals surface area contributed by atoms with Crippen LogP contribution < -0.4 is 10.6 Å². The van der Waals surface area contributed by atoms with E-state index in [2.05, 4.69) is 72.1 Å². The minimum Gasteiger partial charge on any atom is -0.352 e. The number of hydrogen-bond acceptors (Lipinski definition) is 3. The van der Waals surface area contributed by atoms with Crippen LogP contribution in [0.3, 0.4) is 0 Å². The van der Waals surface area contributed by atoms with Crippen molar-refractivity contribution in [1.82, 2.24) is 19.8 Å². The Balaban J connectivity index is 1.57. The number of aryl methyl sites for hydroxylation is 3. The number of pyridine rings is 1. The van der Waals surface area contributed by atoms with E-state index in [0.717, 1.165) is 28.3 Å². The number of amides is 1.